The number of hydrogen-bond acceptors (Lipinski definition) is 5. The Hall–Kier alpha value is -2.07. The molecule has 104 valence electrons. The Balaban J connectivity index is 2.44. The first-order valence-electron chi connectivity index (χ1n) is 6.03. The second kappa shape index (κ2) is 7.38. The lowest BCUT2D eigenvalue weighted by Crippen LogP contribution is -2.34. The average molecular weight is 267 g/mol. The summed E-state index contributed by atoms with van der Waals surface area (Å²) in [6.45, 7) is 2.46. The van der Waals surface area contributed by atoms with Crippen LogP contribution in [0.15, 0.2) is 11.8 Å². The fourth-order valence-electron chi connectivity index (χ4n) is 1.54. The van der Waals surface area contributed by atoms with Gasteiger partial charge < -0.3 is 20.5 Å². The molecule has 0 spiro atoms. The monoisotopic (exact) mass is 267 g/mol. The standard InChI is InChI=1S/C12H17N3O4/c1-8(12(17)18)14-6-9(5-13)11(16)15-7-10-3-2-4-19-10/h6,8,10,14H,2-4,7H2,1H3,(H,15,16)(H,17,18)/b9-6-. The first kappa shape index (κ1) is 15.0. The summed E-state index contributed by atoms with van der Waals surface area (Å²) in [5.74, 6) is -1.60. The number of carbonyl (C=O) groups excluding carboxylic acids is 1. The van der Waals surface area contributed by atoms with Crippen molar-refractivity contribution < 1.29 is 19.4 Å². The van der Waals surface area contributed by atoms with Crippen LogP contribution in [-0.4, -0.2) is 42.3 Å². The maximum absolute atomic E-state index is 11.7. The van der Waals surface area contributed by atoms with Crippen LogP contribution in [0.4, 0.5) is 0 Å². The minimum Gasteiger partial charge on any atom is -0.480 e. The number of carboxylic acids is 1. The summed E-state index contributed by atoms with van der Waals surface area (Å²) in [6.07, 6.45) is 2.97. The summed E-state index contributed by atoms with van der Waals surface area (Å²) in [5, 5.41) is 22.6. The summed E-state index contributed by atoms with van der Waals surface area (Å²) in [6, 6.07) is 0.858. The van der Waals surface area contributed by atoms with E-state index in [0.717, 1.165) is 19.0 Å². The van der Waals surface area contributed by atoms with Crippen LogP contribution in [0.1, 0.15) is 19.8 Å². The van der Waals surface area contributed by atoms with Gasteiger partial charge in [-0.1, -0.05) is 0 Å². The van der Waals surface area contributed by atoms with Crippen LogP contribution in [0.5, 0.6) is 0 Å². The van der Waals surface area contributed by atoms with E-state index in [1.165, 1.54) is 6.92 Å². The van der Waals surface area contributed by atoms with Gasteiger partial charge in [0, 0.05) is 19.4 Å². The number of carbonyl (C=O) groups is 2. The molecule has 0 aromatic carbocycles. The third-order valence-corrected chi connectivity index (χ3v) is 2.73. The van der Waals surface area contributed by atoms with Crippen molar-refractivity contribution in [3.8, 4) is 6.07 Å². The van der Waals surface area contributed by atoms with E-state index < -0.39 is 17.9 Å². The summed E-state index contributed by atoms with van der Waals surface area (Å²) >= 11 is 0. The van der Waals surface area contributed by atoms with Crippen molar-refractivity contribution in [3.63, 3.8) is 0 Å². The Bertz CT molecular complexity index is 408. The van der Waals surface area contributed by atoms with Gasteiger partial charge >= 0.3 is 5.97 Å². The van der Waals surface area contributed by atoms with E-state index in [4.69, 9.17) is 15.1 Å². The van der Waals surface area contributed by atoms with Gasteiger partial charge in [0.2, 0.25) is 0 Å². The van der Waals surface area contributed by atoms with E-state index in [0.29, 0.717) is 13.2 Å². The minimum atomic E-state index is -1.06. The molecule has 0 radical (unpaired) electrons. The number of amides is 1. The van der Waals surface area contributed by atoms with E-state index in [1.54, 1.807) is 6.07 Å². The molecule has 19 heavy (non-hydrogen) atoms. The molecule has 2 unspecified atom stereocenters. The lowest BCUT2D eigenvalue weighted by molar-refractivity contribution is -0.138. The van der Waals surface area contributed by atoms with Gasteiger partial charge in [0.1, 0.15) is 17.7 Å². The first-order valence-corrected chi connectivity index (χ1v) is 6.03. The molecular weight excluding hydrogens is 250 g/mol. The Morgan fingerprint density at radius 2 is 2.37 bits per heavy atom. The van der Waals surface area contributed by atoms with E-state index >= 15 is 0 Å². The van der Waals surface area contributed by atoms with Crippen molar-refractivity contribution in [1.82, 2.24) is 10.6 Å². The number of nitriles is 1. The maximum Gasteiger partial charge on any atom is 0.325 e. The molecule has 1 aliphatic rings. The van der Waals surface area contributed by atoms with E-state index in [1.807, 2.05) is 0 Å². The van der Waals surface area contributed by atoms with Gasteiger partial charge in [-0.05, 0) is 19.8 Å². The molecule has 1 fully saturated rings. The fraction of sp³-hybridized carbons (Fsp3) is 0.583. The Labute approximate surface area is 111 Å². The topological polar surface area (TPSA) is 111 Å². The van der Waals surface area contributed by atoms with Gasteiger partial charge in [-0.15, -0.1) is 0 Å². The zero-order valence-corrected chi connectivity index (χ0v) is 10.7. The van der Waals surface area contributed by atoms with Gasteiger partial charge in [-0.2, -0.15) is 5.26 Å². The molecule has 1 saturated heterocycles. The van der Waals surface area contributed by atoms with Gasteiger partial charge in [0.25, 0.3) is 5.91 Å². The molecule has 1 rings (SSSR count). The Morgan fingerprint density at radius 1 is 1.63 bits per heavy atom. The highest BCUT2D eigenvalue weighted by molar-refractivity contribution is 5.97. The molecule has 1 heterocycles. The van der Waals surface area contributed by atoms with Gasteiger partial charge in [-0.3, -0.25) is 9.59 Å². The van der Waals surface area contributed by atoms with Crippen LogP contribution in [0, 0.1) is 11.3 Å². The number of aliphatic carboxylic acids is 1. The van der Waals surface area contributed by atoms with E-state index in [9.17, 15) is 9.59 Å². The highest BCUT2D eigenvalue weighted by Crippen LogP contribution is 2.10. The predicted molar refractivity (Wildman–Crippen MR) is 65.9 cm³/mol. The summed E-state index contributed by atoms with van der Waals surface area (Å²) < 4.78 is 5.34. The van der Waals surface area contributed by atoms with Crippen LogP contribution >= 0.6 is 0 Å². The summed E-state index contributed by atoms with van der Waals surface area (Å²) in [7, 11) is 0. The lowest BCUT2D eigenvalue weighted by Gasteiger charge is -2.11. The van der Waals surface area contributed by atoms with Crippen LogP contribution in [0.2, 0.25) is 0 Å². The number of nitrogens with one attached hydrogen (secondary N) is 2. The molecule has 1 amide bonds. The maximum atomic E-state index is 11.7. The molecule has 7 nitrogen and oxygen atoms in total. The third-order valence-electron chi connectivity index (χ3n) is 2.73. The van der Waals surface area contributed by atoms with Crippen molar-refractivity contribution >= 4 is 11.9 Å². The van der Waals surface area contributed by atoms with Gasteiger partial charge in [0.05, 0.1) is 6.10 Å². The largest absolute Gasteiger partial charge is 0.480 e. The fourth-order valence-corrected chi connectivity index (χ4v) is 1.54. The normalized spacial score (nSPS) is 20.4. The Morgan fingerprint density at radius 3 is 2.89 bits per heavy atom. The summed E-state index contributed by atoms with van der Waals surface area (Å²) in [5.41, 5.74) is -0.161. The molecule has 0 aliphatic carbocycles. The lowest BCUT2D eigenvalue weighted by atomic mass is 10.2. The van der Waals surface area contributed by atoms with Crippen molar-refractivity contribution in [1.29, 1.82) is 5.26 Å². The molecule has 2 atom stereocenters. The zero-order valence-electron chi connectivity index (χ0n) is 10.7. The van der Waals surface area contributed by atoms with Crippen LogP contribution in [0.3, 0.4) is 0 Å². The number of hydrogen-bond donors (Lipinski definition) is 3. The van der Waals surface area contributed by atoms with Crippen molar-refractivity contribution in [3.05, 3.63) is 11.8 Å². The molecule has 0 saturated carbocycles. The first-order chi connectivity index (χ1) is 9.04. The van der Waals surface area contributed by atoms with Crippen LogP contribution in [-0.2, 0) is 14.3 Å². The van der Waals surface area contributed by atoms with Crippen LogP contribution in [0.25, 0.3) is 0 Å². The predicted octanol–water partition coefficient (Wildman–Crippen LogP) is -0.248. The van der Waals surface area contributed by atoms with E-state index in [2.05, 4.69) is 10.6 Å². The molecule has 1 aliphatic heterocycles. The smallest absolute Gasteiger partial charge is 0.325 e. The second-order valence-electron chi connectivity index (χ2n) is 4.24. The van der Waals surface area contributed by atoms with Crippen LogP contribution < -0.4 is 10.6 Å². The zero-order chi connectivity index (χ0) is 14.3. The Kier molecular flexibility index (Phi) is 5.82. The van der Waals surface area contributed by atoms with Crippen molar-refractivity contribution in [2.75, 3.05) is 13.2 Å². The number of nitrogens with zero attached hydrogens (tertiary/aromatic N) is 1. The van der Waals surface area contributed by atoms with Gasteiger partial charge in [0.15, 0.2) is 0 Å². The molecule has 3 N–H and O–H groups in total. The summed E-state index contributed by atoms with van der Waals surface area (Å²) in [4.78, 5) is 22.2. The number of carboxylic acid groups (broad SMARTS) is 1. The highest BCUT2D eigenvalue weighted by atomic mass is 16.5. The SMILES string of the molecule is CC(N/C=C(/C#N)C(=O)NCC1CCCO1)C(=O)O. The van der Waals surface area contributed by atoms with Crippen molar-refractivity contribution in [2.45, 2.75) is 31.9 Å². The molecular formula is C12H17N3O4. The average Bonchev–Trinajstić information content (AvgIpc) is 2.89. The quantitative estimate of drug-likeness (QED) is 0.452. The molecule has 0 bridgehead atoms. The van der Waals surface area contributed by atoms with E-state index in [-0.39, 0.29) is 11.7 Å². The third kappa shape index (κ3) is 4.97. The minimum absolute atomic E-state index is 0.00482. The van der Waals surface area contributed by atoms with Crippen molar-refractivity contribution in [2.24, 2.45) is 0 Å². The van der Waals surface area contributed by atoms with Gasteiger partial charge in [-0.25, -0.2) is 0 Å². The highest BCUT2D eigenvalue weighted by Gasteiger charge is 2.18. The number of ether oxygens (including phenoxy) is 1. The molecule has 0 aromatic rings. The molecule has 0 aromatic heterocycles. The second-order valence-corrected chi connectivity index (χ2v) is 4.24. The number of rotatable bonds is 6. The molecule has 7 heteroatoms.